The summed E-state index contributed by atoms with van der Waals surface area (Å²) in [6.45, 7) is 0.437. The first kappa shape index (κ1) is 12.9. The molecule has 2 heterocycles. The van der Waals surface area contributed by atoms with Gasteiger partial charge in [-0.05, 0) is 24.3 Å². The van der Waals surface area contributed by atoms with E-state index in [-0.39, 0.29) is 17.4 Å². The summed E-state index contributed by atoms with van der Waals surface area (Å²) in [6.07, 6.45) is 1.48. The third kappa shape index (κ3) is 2.80. The molecule has 0 saturated heterocycles. The van der Waals surface area contributed by atoms with Crippen LogP contribution in [0.3, 0.4) is 0 Å². The summed E-state index contributed by atoms with van der Waals surface area (Å²) in [4.78, 5) is 18.4. The van der Waals surface area contributed by atoms with Crippen molar-refractivity contribution >= 4 is 28.8 Å². The van der Waals surface area contributed by atoms with Gasteiger partial charge in [-0.1, -0.05) is 11.6 Å². The number of rotatable bonds is 3. The predicted octanol–water partition coefficient (Wildman–Crippen LogP) is 2.77. The number of aromatic hydroxyl groups is 1. The summed E-state index contributed by atoms with van der Waals surface area (Å²) < 4.78 is 0.687. The first-order chi connectivity index (χ1) is 8.58. The lowest BCUT2D eigenvalue weighted by atomic mass is 10.3. The number of carbonyl (C=O) groups excluding carboxylic acids is 1. The van der Waals surface area contributed by atoms with Crippen LogP contribution in [0, 0.1) is 0 Å². The second-order valence-electron chi connectivity index (χ2n) is 3.74. The van der Waals surface area contributed by atoms with Crippen LogP contribution in [0.25, 0.3) is 0 Å². The molecule has 2 rings (SSSR count). The predicted molar refractivity (Wildman–Crippen MR) is 71.0 cm³/mol. The smallest absolute Gasteiger partial charge is 0.276 e. The molecule has 0 bridgehead atoms. The molecule has 2 aromatic heterocycles. The molecule has 2 aromatic rings. The quantitative estimate of drug-likeness (QED) is 0.942. The first-order valence-electron chi connectivity index (χ1n) is 5.21. The zero-order chi connectivity index (χ0) is 13.1. The summed E-state index contributed by atoms with van der Waals surface area (Å²) in [5.41, 5.74) is 0.0580. The van der Waals surface area contributed by atoms with Gasteiger partial charge in [0.1, 0.15) is 5.75 Å². The minimum atomic E-state index is -0.322. The van der Waals surface area contributed by atoms with Gasteiger partial charge in [0, 0.05) is 18.1 Å². The fraction of sp³-hybridized carbons (Fsp3) is 0.167. The third-order valence-electron chi connectivity index (χ3n) is 2.36. The highest BCUT2D eigenvalue weighted by Crippen LogP contribution is 2.23. The highest BCUT2D eigenvalue weighted by Gasteiger charge is 2.17. The number of nitrogens with zero attached hydrogens (tertiary/aromatic N) is 2. The Morgan fingerprint density at radius 1 is 1.50 bits per heavy atom. The van der Waals surface area contributed by atoms with Crippen molar-refractivity contribution < 1.29 is 9.90 Å². The van der Waals surface area contributed by atoms with Crippen LogP contribution in [0.4, 0.5) is 0 Å². The minimum Gasteiger partial charge on any atom is -0.505 e. The molecule has 6 heteroatoms. The average Bonchev–Trinajstić information content (AvgIpc) is 2.74. The summed E-state index contributed by atoms with van der Waals surface area (Å²) in [5.74, 6) is -0.434. The molecular formula is C12H11ClN2O2S. The molecule has 4 nitrogen and oxygen atoms in total. The van der Waals surface area contributed by atoms with Gasteiger partial charge in [-0.15, -0.1) is 11.3 Å². The highest BCUT2D eigenvalue weighted by molar-refractivity contribution is 7.16. The van der Waals surface area contributed by atoms with Crippen LogP contribution in [0.1, 0.15) is 15.4 Å². The van der Waals surface area contributed by atoms with E-state index in [4.69, 9.17) is 11.6 Å². The molecule has 0 atom stereocenters. The number of hydrogen-bond acceptors (Lipinski definition) is 4. The zero-order valence-corrected chi connectivity index (χ0v) is 11.2. The SMILES string of the molecule is CN(Cc1ccc(Cl)s1)C(=O)c1ncccc1O. The van der Waals surface area contributed by atoms with E-state index in [2.05, 4.69) is 4.98 Å². The maximum absolute atomic E-state index is 12.1. The van der Waals surface area contributed by atoms with Crippen LogP contribution in [0.15, 0.2) is 30.5 Å². The van der Waals surface area contributed by atoms with Crippen LogP contribution < -0.4 is 0 Å². The Balaban J connectivity index is 2.12. The Morgan fingerprint density at radius 3 is 2.89 bits per heavy atom. The number of halogens is 1. The minimum absolute atomic E-state index is 0.0580. The summed E-state index contributed by atoms with van der Waals surface area (Å²) in [6, 6.07) is 6.68. The van der Waals surface area contributed by atoms with Crippen LogP contribution >= 0.6 is 22.9 Å². The van der Waals surface area contributed by atoms with E-state index in [0.29, 0.717) is 10.9 Å². The molecule has 0 aliphatic rings. The van der Waals surface area contributed by atoms with Gasteiger partial charge in [-0.3, -0.25) is 4.79 Å². The average molecular weight is 283 g/mol. The zero-order valence-electron chi connectivity index (χ0n) is 9.63. The van der Waals surface area contributed by atoms with E-state index in [0.717, 1.165) is 4.88 Å². The molecule has 18 heavy (non-hydrogen) atoms. The number of carbonyl (C=O) groups is 1. The monoisotopic (exact) mass is 282 g/mol. The lowest BCUT2D eigenvalue weighted by Crippen LogP contribution is -2.26. The Bertz CT molecular complexity index is 571. The van der Waals surface area contributed by atoms with E-state index >= 15 is 0 Å². The Hall–Kier alpha value is -1.59. The van der Waals surface area contributed by atoms with Gasteiger partial charge in [0.25, 0.3) is 5.91 Å². The maximum atomic E-state index is 12.1. The van der Waals surface area contributed by atoms with Crippen molar-refractivity contribution in [3.63, 3.8) is 0 Å². The van der Waals surface area contributed by atoms with E-state index in [1.165, 1.54) is 28.5 Å². The second kappa shape index (κ2) is 5.37. The molecule has 1 amide bonds. The molecule has 0 saturated carbocycles. The molecule has 0 spiro atoms. The van der Waals surface area contributed by atoms with Gasteiger partial charge in [0.15, 0.2) is 5.69 Å². The molecular weight excluding hydrogens is 272 g/mol. The Labute approximate surface area is 113 Å². The molecule has 0 radical (unpaired) electrons. The van der Waals surface area contributed by atoms with Gasteiger partial charge >= 0.3 is 0 Å². The van der Waals surface area contributed by atoms with Crippen molar-refractivity contribution in [1.29, 1.82) is 0 Å². The third-order valence-corrected chi connectivity index (χ3v) is 3.57. The summed E-state index contributed by atoms with van der Waals surface area (Å²) >= 11 is 7.25. The number of aromatic nitrogens is 1. The summed E-state index contributed by atoms with van der Waals surface area (Å²) in [7, 11) is 1.66. The molecule has 0 fully saturated rings. The van der Waals surface area contributed by atoms with E-state index in [1.54, 1.807) is 19.2 Å². The van der Waals surface area contributed by atoms with Crippen LogP contribution in [-0.2, 0) is 6.54 Å². The van der Waals surface area contributed by atoms with Gasteiger partial charge in [0.05, 0.1) is 10.9 Å². The van der Waals surface area contributed by atoms with Crippen molar-refractivity contribution in [2.45, 2.75) is 6.54 Å². The standard InChI is InChI=1S/C12H11ClN2O2S/c1-15(7-8-4-5-10(13)18-8)12(17)11-9(16)3-2-6-14-11/h2-6,16H,7H2,1H3. The van der Waals surface area contributed by atoms with Crippen LogP contribution in [-0.4, -0.2) is 27.9 Å². The Morgan fingerprint density at radius 2 is 2.28 bits per heavy atom. The van der Waals surface area contributed by atoms with Gasteiger partial charge in [-0.25, -0.2) is 4.98 Å². The topological polar surface area (TPSA) is 53.4 Å². The molecule has 0 aliphatic carbocycles. The Kier molecular flexibility index (Phi) is 3.84. The van der Waals surface area contributed by atoms with Crippen LogP contribution in [0.2, 0.25) is 4.34 Å². The lowest BCUT2D eigenvalue weighted by Gasteiger charge is -2.15. The van der Waals surface area contributed by atoms with Crippen molar-refractivity contribution in [2.24, 2.45) is 0 Å². The molecule has 0 aliphatic heterocycles. The van der Waals surface area contributed by atoms with Gasteiger partial charge in [-0.2, -0.15) is 0 Å². The molecule has 0 aromatic carbocycles. The number of thiophene rings is 1. The van der Waals surface area contributed by atoms with Crippen molar-refractivity contribution in [3.05, 3.63) is 45.4 Å². The molecule has 0 unspecified atom stereocenters. The number of pyridine rings is 1. The maximum Gasteiger partial charge on any atom is 0.276 e. The summed E-state index contributed by atoms with van der Waals surface area (Å²) in [5, 5.41) is 9.57. The molecule has 1 N–H and O–H groups in total. The largest absolute Gasteiger partial charge is 0.505 e. The van der Waals surface area contributed by atoms with Crippen molar-refractivity contribution in [3.8, 4) is 5.75 Å². The molecule has 94 valence electrons. The number of hydrogen-bond donors (Lipinski definition) is 1. The van der Waals surface area contributed by atoms with Crippen molar-refractivity contribution in [2.75, 3.05) is 7.05 Å². The van der Waals surface area contributed by atoms with Crippen molar-refractivity contribution in [1.82, 2.24) is 9.88 Å². The van der Waals surface area contributed by atoms with E-state index in [1.807, 2.05) is 6.07 Å². The van der Waals surface area contributed by atoms with Crippen LogP contribution in [0.5, 0.6) is 5.75 Å². The number of amides is 1. The fourth-order valence-electron chi connectivity index (χ4n) is 1.48. The van der Waals surface area contributed by atoms with Gasteiger partial charge in [0.2, 0.25) is 0 Å². The second-order valence-corrected chi connectivity index (χ2v) is 5.54. The normalized spacial score (nSPS) is 10.3. The van der Waals surface area contributed by atoms with Gasteiger partial charge < -0.3 is 10.0 Å². The highest BCUT2D eigenvalue weighted by atomic mass is 35.5. The fourth-order valence-corrected chi connectivity index (χ4v) is 2.63. The van der Waals surface area contributed by atoms with E-state index < -0.39 is 0 Å². The lowest BCUT2D eigenvalue weighted by molar-refractivity contribution is 0.0777. The first-order valence-corrected chi connectivity index (χ1v) is 6.41. The van der Waals surface area contributed by atoms with E-state index in [9.17, 15) is 9.90 Å².